The molecule has 0 bridgehead atoms. The fourth-order valence-electron chi connectivity index (χ4n) is 4.89. The van der Waals surface area contributed by atoms with Crippen LogP contribution in [0.2, 0.25) is 0 Å². The summed E-state index contributed by atoms with van der Waals surface area (Å²) in [4.78, 5) is 3.66. The number of aromatic nitrogens is 3. The zero-order chi connectivity index (χ0) is 25.2. The van der Waals surface area contributed by atoms with E-state index >= 15 is 0 Å². The van der Waals surface area contributed by atoms with Crippen LogP contribution >= 0.6 is 11.6 Å². The Morgan fingerprint density at radius 2 is 2.14 bits per heavy atom. The molecular weight excluding hydrogens is 475 g/mol. The summed E-state index contributed by atoms with van der Waals surface area (Å²) in [5.41, 5.74) is 13.5. The number of hydrogen-bond donors (Lipinski definition) is 4. The fraction of sp³-hybridized carbons (Fsp3) is 0.321. The minimum absolute atomic E-state index is 0.0126. The van der Waals surface area contributed by atoms with Gasteiger partial charge in [0.05, 0.1) is 17.9 Å². The quantitative estimate of drug-likeness (QED) is 0.320. The highest BCUT2D eigenvalue weighted by Gasteiger charge is 2.32. The number of allylic oxidation sites excluding steroid dienone is 2. The summed E-state index contributed by atoms with van der Waals surface area (Å²) in [6.45, 7) is 5.01. The Labute approximate surface area is 216 Å². The predicted octanol–water partition coefficient (Wildman–Crippen LogP) is 5.47. The molecule has 8 heteroatoms. The molecule has 0 saturated carbocycles. The van der Waals surface area contributed by atoms with Crippen LogP contribution in [0.25, 0.3) is 17.8 Å². The van der Waals surface area contributed by atoms with Crippen LogP contribution in [-0.4, -0.2) is 27.4 Å². The van der Waals surface area contributed by atoms with E-state index in [-0.39, 0.29) is 17.9 Å². The van der Waals surface area contributed by atoms with E-state index in [9.17, 15) is 4.39 Å². The number of rotatable bonds is 7. The van der Waals surface area contributed by atoms with Gasteiger partial charge < -0.3 is 21.4 Å². The monoisotopic (exact) mass is 506 g/mol. The van der Waals surface area contributed by atoms with E-state index in [1.165, 1.54) is 29.0 Å². The summed E-state index contributed by atoms with van der Waals surface area (Å²) in [6, 6.07) is 6.76. The lowest BCUT2D eigenvalue weighted by Gasteiger charge is -2.31. The van der Waals surface area contributed by atoms with Gasteiger partial charge in [-0.1, -0.05) is 23.8 Å². The van der Waals surface area contributed by atoms with Gasteiger partial charge in [-0.05, 0) is 68.2 Å². The van der Waals surface area contributed by atoms with Crippen molar-refractivity contribution in [3.05, 3.63) is 93.4 Å². The van der Waals surface area contributed by atoms with E-state index in [4.69, 9.17) is 17.3 Å². The molecule has 3 heterocycles. The van der Waals surface area contributed by atoms with Crippen LogP contribution < -0.4 is 16.4 Å². The van der Waals surface area contributed by atoms with Gasteiger partial charge in [0.1, 0.15) is 5.82 Å². The lowest BCUT2D eigenvalue weighted by atomic mass is 9.89. The molecule has 3 aromatic rings. The first-order valence-corrected chi connectivity index (χ1v) is 12.8. The van der Waals surface area contributed by atoms with Crippen molar-refractivity contribution >= 4 is 29.5 Å². The Balaban J connectivity index is 1.36. The highest BCUT2D eigenvalue weighted by atomic mass is 35.5. The van der Waals surface area contributed by atoms with Crippen molar-refractivity contribution in [2.75, 3.05) is 6.54 Å². The SMILES string of the molecule is CC(C)n1cc(C2NC(CCN/C=C(\N)c3ccc(F)cc3)Cc3c2[nH]c2c3C=CCC(Cl)=C2)cn1. The van der Waals surface area contributed by atoms with Gasteiger partial charge in [0.25, 0.3) is 0 Å². The van der Waals surface area contributed by atoms with E-state index in [0.29, 0.717) is 11.7 Å². The zero-order valence-electron chi connectivity index (χ0n) is 20.6. The van der Waals surface area contributed by atoms with E-state index in [1.54, 1.807) is 18.3 Å². The number of nitrogens with two attached hydrogens (primary N) is 1. The van der Waals surface area contributed by atoms with Gasteiger partial charge >= 0.3 is 0 Å². The second kappa shape index (κ2) is 10.4. The minimum atomic E-state index is -0.272. The number of H-pyrrole nitrogens is 1. The Morgan fingerprint density at radius 3 is 2.89 bits per heavy atom. The first kappa shape index (κ1) is 24.4. The molecule has 1 aliphatic carbocycles. The highest BCUT2D eigenvalue weighted by Crippen LogP contribution is 2.37. The predicted molar refractivity (Wildman–Crippen MR) is 145 cm³/mol. The number of aromatic amines is 1. The van der Waals surface area contributed by atoms with E-state index in [1.807, 2.05) is 17.0 Å². The van der Waals surface area contributed by atoms with Crippen molar-refractivity contribution in [1.82, 2.24) is 25.4 Å². The van der Waals surface area contributed by atoms with Crippen LogP contribution in [0.15, 0.2) is 54.0 Å². The third kappa shape index (κ3) is 5.13. The second-order valence-corrected chi connectivity index (χ2v) is 10.2. The normalized spacial score (nSPS) is 19.6. The Hall–Kier alpha value is -3.29. The molecule has 36 heavy (non-hydrogen) atoms. The van der Waals surface area contributed by atoms with Crippen molar-refractivity contribution in [1.29, 1.82) is 0 Å². The molecule has 0 saturated heterocycles. The number of hydrogen-bond acceptors (Lipinski definition) is 4. The van der Waals surface area contributed by atoms with Crippen molar-refractivity contribution < 1.29 is 4.39 Å². The van der Waals surface area contributed by atoms with E-state index in [0.717, 1.165) is 47.7 Å². The maximum Gasteiger partial charge on any atom is 0.123 e. The summed E-state index contributed by atoms with van der Waals surface area (Å²) in [5, 5.41) is 12.6. The van der Waals surface area contributed by atoms with Gasteiger partial charge in [-0.3, -0.25) is 4.68 Å². The minimum Gasteiger partial charge on any atom is -0.397 e. The molecule has 1 aromatic carbocycles. The second-order valence-electron chi connectivity index (χ2n) is 9.74. The molecule has 1 aliphatic heterocycles. The van der Waals surface area contributed by atoms with Gasteiger partial charge in [0, 0.05) is 65.0 Å². The molecule has 2 aliphatic rings. The first-order valence-electron chi connectivity index (χ1n) is 12.4. The fourth-order valence-corrected chi connectivity index (χ4v) is 5.09. The van der Waals surface area contributed by atoms with Crippen LogP contribution in [0.1, 0.15) is 72.4 Å². The number of nitrogens with zero attached hydrogens (tertiary/aromatic N) is 2. The molecule has 0 fully saturated rings. The Bertz CT molecular complexity index is 1310. The lowest BCUT2D eigenvalue weighted by molar-refractivity contribution is 0.409. The third-order valence-electron chi connectivity index (χ3n) is 6.81. The van der Waals surface area contributed by atoms with Gasteiger partial charge in [0.2, 0.25) is 0 Å². The molecule has 2 atom stereocenters. The van der Waals surface area contributed by atoms with Crippen molar-refractivity contribution in [3.8, 4) is 0 Å². The molecule has 0 spiro atoms. The molecule has 188 valence electrons. The maximum atomic E-state index is 13.2. The largest absolute Gasteiger partial charge is 0.397 e. The van der Waals surface area contributed by atoms with Crippen molar-refractivity contribution in [3.63, 3.8) is 0 Å². The van der Waals surface area contributed by atoms with Gasteiger partial charge in [-0.15, -0.1) is 0 Å². The molecule has 2 aromatic heterocycles. The standard InChI is InChI=1S/C28H32ClFN6/c1-17(2)36-16-19(14-33-36)27-28-24(23-5-3-4-20(29)12-26(23)35-28)13-22(34-27)10-11-32-15-25(31)18-6-8-21(30)9-7-18/h3,5-9,12,14-17,22,27,32,34-35H,4,10-11,13,31H2,1-2H3/b25-15-. The van der Waals surface area contributed by atoms with E-state index < -0.39 is 0 Å². The van der Waals surface area contributed by atoms with Gasteiger partial charge in [-0.2, -0.15) is 5.10 Å². The summed E-state index contributed by atoms with van der Waals surface area (Å²) < 4.78 is 15.2. The summed E-state index contributed by atoms with van der Waals surface area (Å²) in [6.07, 6.45) is 14.8. The Morgan fingerprint density at radius 1 is 1.33 bits per heavy atom. The number of halogens is 2. The number of nitrogens with one attached hydrogen (secondary N) is 3. The molecule has 0 amide bonds. The molecule has 0 radical (unpaired) electrons. The van der Waals surface area contributed by atoms with E-state index in [2.05, 4.69) is 52.9 Å². The molecule has 5 rings (SSSR count). The van der Waals surface area contributed by atoms with Crippen LogP contribution in [0.3, 0.4) is 0 Å². The van der Waals surface area contributed by atoms with Gasteiger partial charge in [0.15, 0.2) is 0 Å². The average molecular weight is 507 g/mol. The summed E-state index contributed by atoms with van der Waals surface area (Å²) in [7, 11) is 0. The van der Waals surface area contributed by atoms with Crippen LogP contribution in [0.5, 0.6) is 0 Å². The Kier molecular flexibility index (Phi) is 7.03. The molecule has 5 N–H and O–H groups in total. The highest BCUT2D eigenvalue weighted by molar-refractivity contribution is 6.31. The van der Waals surface area contributed by atoms with Crippen LogP contribution in [0, 0.1) is 5.82 Å². The maximum absolute atomic E-state index is 13.2. The van der Waals surface area contributed by atoms with Crippen LogP contribution in [-0.2, 0) is 6.42 Å². The van der Waals surface area contributed by atoms with Gasteiger partial charge in [-0.25, -0.2) is 4.39 Å². The zero-order valence-corrected chi connectivity index (χ0v) is 21.3. The smallest absolute Gasteiger partial charge is 0.123 e. The van der Waals surface area contributed by atoms with Crippen molar-refractivity contribution in [2.45, 2.75) is 51.2 Å². The molecular formula is C28H32ClFN6. The summed E-state index contributed by atoms with van der Waals surface area (Å²) >= 11 is 6.41. The molecule has 6 nitrogen and oxygen atoms in total. The topological polar surface area (TPSA) is 83.7 Å². The third-order valence-corrected chi connectivity index (χ3v) is 7.07. The average Bonchev–Trinajstić information content (AvgIpc) is 3.43. The van der Waals surface area contributed by atoms with Crippen LogP contribution in [0.4, 0.5) is 4.39 Å². The first-order chi connectivity index (χ1) is 17.4. The summed E-state index contributed by atoms with van der Waals surface area (Å²) in [5.74, 6) is -0.272. The van der Waals surface area contributed by atoms with Crippen molar-refractivity contribution in [2.24, 2.45) is 5.73 Å². The lowest BCUT2D eigenvalue weighted by Crippen LogP contribution is -2.41. The number of fused-ring (bicyclic) bond motifs is 3. The number of benzene rings is 1. The molecule has 2 unspecified atom stereocenters.